The smallest absolute Gasteiger partial charge is 0.222 e. The molecule has 0 spiro atoms. The van der Waals surface area contributed by atoms with E-state index in [2.05, 4.69) is 21.3 Å². The van der Waals surface area contributed by atoms with E-state index >= 15 is 0 Å². The first-order chi connectivity index (χ1) is 9.56. The van der Waals surface area contributed by atoms with Gasteiger partial charge in [0.25, 0.3) is 0 Å². The van der Waals surface area contributed by atoms with Crippen molar-refractivity contribution in [2.45, 2.75) is 33.2 Å². The molecule has 1 amide bonds. The summed E-state index contributed by atoms with van der Waals surface area (Å²) in [6, 6.07) is 2.11. The summed E-state index contributed by atoms with van der Waals surface area (Å²) in [6.07, 6.45) is 1.79. The summed E-state index contributed by atoms with van der Waals surface area (Å²) in [6.45, 7) is 6.32. The summed E-state index contributed by atoms with van der Waals surface area (Å²) >= 11 is 0. The monoisotopic (exact) mass is 276 g/mol. The van der Waals surface area contributed by atoms with Crippen LogP contribution in [0.4, 0.5) is 5.69 Å². The predicted molar refractivity (Wildman–Crippen MR) is 80.6 cm³/mol. The molecule has 1 fully saturated rings. The number of piperidine rings is 1. The quantitative estimate of drug-likeness (QED) is 0.868. The summed E-state index contributed by atoms with van der Waals surface area (Å²) < 4.78 is 0. The molecule has 1 saturated heterocycles. The Morgan fingerprint density at radius 1 is 1.45 bits per heavy atom. The third-order valence-corrected chi connectivity index (χ3v) is 4.09. The van der Waals surface area contributed by atoms with Crippen molar-refractivity contribution in [1.82, 2.24) is 10.3 Å². The van der Waals surface area contributed by atoms with E-state index in [9.17, 15) is 4.79 Å². The molecule has 3 N–H and O–H groups in total. The lowest BCUT2D eigenvalue weighted by Gasteiger charge is -2.34. The zero-order chi connectivity index (χ0) is 14.7. The number of nitrogens with zero attached hydrogens (tertiary/aromatic N) is 2. The highest BCUT2D eigenvalue weighted by atomic mass is 16.1. The summed E-state index contributed by atoms with van der Waals surface area (Å²) in [4.78, 5) is 18.5. The molecular formula is C15H24N4O. The molecule has 20 heavy (non-hydrogen) atoms. The number of rotatable bonds is 3. The molecule has 1 aromatic rings. The topological polar surface area (TPSA) is 71.2 Å². The largest absolute Gasteiger partial charge is 0.371 e. The SMILES string of the molecule is CNC(=O)C1CCN(c2cc(C)nc(C)c2CN)CC1. The molecule has 0 atom stereocenters. The van der Waals surface area contributed by atoms with E-state index in [-0.39, 0.29) is 11.8 Å². The Labute approximate surface area is 120 Å². The lowest BCUT2D eigenvalue weighted by molar-refractivity contribution is -0.125. The van der Waals surface area contributed by atoms with Crippen molar-refractivity contribution in [2.75, 3.05) is 25.0 Å². The molecule has 0 radical (unpaired) electrons. The Morgan fingerprint density at radius 3 is 2.65 bits per heavy atom. The fourth-order valence-corrected chi connectivity index (χ4v) is 2.96. The maximum absolute atomic E-state index is 11.7. The molecule has 110 valence electrons. The van der Waals surface area contributed by atoms with Crippen molar-refractivity contribution in [3.63, 3.8) is 0 Å². The molecule has 5 heteroatoms. The first-order valence-electron chi connectivity index (χ1n) is 7.20. The van der Waals surface area contributed by atoms with Crippen molar-refractivity contribution in [3.05, 3.63) is 23.0 Å². The first kappa shape index (κ1) is 14.8. The van der Waals surface area contributed by atoms with Crippen molar-refractivity contribution < 1.29 is 4.79 Å². The van der Waals surface area contributed by atoms with E-state index in [1.165, 1.54) is 5.69 Å². The van der Waals surface area contributed by atoms with Gasteiger partial charge in [0.15, 0.2) is 0 Å². The second-order valence-electron chi connectivity index (χ2n) is 5.43. The zero-order valence-corrected chi connectivity index (χ0v) is 12.6. The molecule has 0 bridgehead atoms. The fraction of sp³-hybridized carbons (Fsp3) is 0.600. The van der Waals surface area contributed by atoms with E-state index in [0.717, 1.165) is 42.9 Å². The van der Waals surface area contributed by atoms with Gasteiger partial charge in [-0.3, -0.25) is 9.78 Å². The van der Waals surface area contributed by atoms with Gasteiger partial charge in [0, 0.05) is 55.2 Å². The predicted octanol–water partition coefficient (Wildman–Crippen LogP) is 1.12. The standard InChI is InChI=1S/C15H24N4O/c1-10-8-14(13(9-16)11(2)18-10)19-6-4-12(5-7-19)15(20)17-3/h8,12H,4-7,9,16H2,1-3H3,(H,17,20). The van der Waals surface area contributed by atoms with E-state index in [4.69, 9.17) is 5.73 Å². The van der Waals surface area contributed by atoms with Crippen molar-refractivity contribution in [2.24, 2.45) is 11.7 Å². The number of carbonyl (C=O) groups excluding carboxylic acids is 1. The Morgan fingerprint density at radius 2 is 2.10 bits per heavy atom. The molecule has 0 saturated carbocycles. The van der Waals surface area contributed by atoms with E-state index < -0.39 is 0 Å². The van der Waals surface area contributed by atoms with Gasteiger partial charge in [0.05, 0.1) is 0 Å². The Balaban J connectivity index is 2.16. The van der Waals surface area contributed by atoms with Crippen LogP contribution >= 0.6 is 0 Å². The molecule has 1 aromatic heterocycles. The van der Waals surface area contributed by atoms with Crippen LogP contribution in [0, 0.1) is 19.8 Å². The molecule has 2 heterocycles. The number of anilines is 1. The average Bonchev–Trinajstić information content (AvgIpc) is 2.46. The van der Waals surface area contributed by atoms with Gasteiger partial charge < -0.3 is 16.0 Å². The maximum atomic E-state index is 11.7. The summed E-state index contributed by atoms with van der Waals surface area (Å²) in [5, 5.41) is 2.74. The van der Waals surface area contributed by atoms with Gasteiger partial charge in [0.2, 0.25) is 5.91 Å². The summed E-state index contributed by atoms with van der Waals surface area (Å²) in [5.41, 5.74) is 10.2. The maximum Gasteiger partial charge on any atom is 0.222 e. The summed E-state index contributed by atoms with van der Waals surface area (Å²) in [5.74, 6) is 0.299. The lowest BCUT2D eigenvalue weighted by Crippen LogP contribution is -2.40. The Bertz CT molecular complexity index is 493. The minimum absolute atomic E-state index is 0.140. The highest BCUT2D eigenvalue weighted by Gasteiger charge is 2.25. The molecule has 2 rings (SSSR count). The van der Waals surface area contributed by atoms with Crippen LogP contribution in [0.25, 0.3) is 0 Å². The van der Waals surface area contributed by atoms with Gasteiger partial charge in [0.1, 0.15) is 0 Å². The number of aryl methyl sites for hydroxylation is 2. The van der Waals surface area contributed by atoms with Gasteiger partial charge in [-0.2, -0.15) is 0 Å². The van der Waals surface area contributed by atoms with Crippen LogP contribution in [0.15, 0.2) is 6.07 Å². The van der Waals surface area contributed by atoms with E-state index in [0.29, 0.717) is 6.54 Å². The van der Waals surface area contributed by atoms with Crippen LogP contribution < -0.4 is 16.0 Å². The van der Waals surface area contributed by atoms with Gasteiger partial charge in [-0.1, -0.05) is 0 Å². The Hall–Kier alpha value is -1.62. The Kier molecular flexibility index (Phi) is 4.60. The normalized spacial score (nSPS) is 16.3. The van der Waals surface area contributed by atoms with Crippen LogP contribution in [0.3, 0.4) is 0 Å². The average molecular weight is 276 g/mol. The number of carbonyl (C=O) groups is 1. The van der Waals surface area contributed by atoms with Crippen molar-refractivity contribution >= 4 is 11.6 Å². The molecule has 0 aromatic carbocycles. The summed E-state index contributed by atoms with van der Waals surface area (Å²) in [7, 11) is 1.71. The minimum Gasteiger partial charge on any atom is -0.371 e. The number of nitrogens with one attached hydrogen (secondary N) is 1. The number of amides is 1. The minimum atomic E-state index is 0.140. The van der Waals surface area contributed by atoms with Crippen molar-refractivity contribution in [3.8, 4) is 0 Å². The van der Waals surface area contributed by atoms with Crippen LogP contribution in [0.5, 0.6) is 0 Å². The number of pyridine rings is 1. The van der Waals surface area contributed by atoms with E-state index in [1.54, 1.807) is 7.05 Å². The van der Waals surface area contributed by atoms with E-state index in [1.807, 2.05) is 13.8 Å². The first-order valence-corrected chi connectivity index (χ1v) is 7.20. The van der Waals surface area contributed by atoms with Crippen LogP contribution in [-0.4, -0.2) is 31.0 Å². The molecule has 0 unspecified atom stereocenters. The number of hydrogen-bond donors (Lipinski definition) is 2. The van der Waals surface area contributed by atoms with Gasteiger partial charge in [-0.05, 0) is 32.8 Å². The highest BCUT2D eigenvalue weighted by molar-refractivity contribution is 5.78. The fourth-order valence-electron chi connectivity index (χ4n) is 2.96. The van der Waals surface area contributed by atoms with Crippen LogP contribution in [-0.2, 0) is 11.3 Å². The lowest BCUT2D eigenvalue weighted by atomic mass is 9.95. The van der Waals surface area contributed by atoms with Crippen LogP contribution in [0.1, 0.15) is 29.8 Å². The second kappa shape index (κ2) is 6.22. The number of hydrogen-bond acceptors (Lipinski definition) is 4. The van der Waals surface area contributed by atoms with Crippen molar-refractivity contribution in [1.29, 1.82) is 0 Å². The van der Waals surface area contributed by atoms with Gasteiger partial charge >= 0.3 is 0 Å². The number of nitrogens with two attached hydrogens (primary N) is 1. The molecule has 0 aliphatic carbocycles. The highest BCUT2D eigenvalue weighted by Crippen LogP contribution is 2.28. The molecule has 1 aliphatic heterocycles. The van der Waals surface area contributed by atoms with Gasteiger partial charge in [-0.15, -0.1) is 0 Å². The third-order valence-electron chi connectivity index (χ3n) is 4.09. The zero-order valence-electron chi connectivity index (χ0n) is 12.6. The van der Waals surface area contributed by atoms with Gasteiger partial charge in [-0.25, -0.2) is 0 Å². The molecular weight excluding hydrogens is 252 g/mol. The number of aromatic nitrogens is 1. The second-order valence-corrected chi connectivity index (χ2v) is 5.43. The molecule has 5 nitrogen and oxygen atoms in total. The van der Waals surface area contributed by atoms with Crippen LogP contribution in [0.2, 0.25) is 0 Å². The molecule has 1 aliphatic rings. The third kappa shape index (κ3) is 2.93.